The van der Waals surface area contributed by atoms with Crippen molar-refractivity contribution in [2.75, 3.05) is 0 Å². The molecule has 0 aliphatic rings. The van der Waals surface area contributed by atoms with Gasteiger partial charge in [0.1, 0.15) is 5.82 Å². The van der Waals surface area contributed by atoms with Crippen molar-refractivity contribution < 1.29 is 17.6 Å². The van der Waals surface area contributed by atoms with Gasteiger partial charge in [0.05, 0.1) is 6.54 Å². The smallest absolute Gasteiger partial charge is 0.388 e. The van der Waals surface area contributed by atoms with Crippen LogP contribution in [0, 0.1) is 17.5 Å². The van der Waals surface area contributed by atoms with Gasteiger partial charge in [0, 0.05) is 11.1 Å². The van der Waals surface area contributed by atoms with Crippen LogP contribution in [-0.2, 0) is 6.54 Å². The van der Waals surface area contributed by atoms with Crippen molar-refractivity contribution in [1.29, 1.82) is 0 Å². The molecule has 0 aliphatic heterocycles. The van der Waals surface area contributed by atoms with Gasteiger partial charge in [-0.25, -0.2) is 18.0 Å². The standard InChI is InChI=1S/C15H9F3N2O2/c16-11-6-4-9(5-7-11)14-19-20(15(21)22-14)8-10-2-1-3-12(17)13(10)18/h1-7H,8H2. The molecule has 1 aromatic heterocycles. The second-order valence-corrected chi connectivity index (χ2v) is 4.55. The quantitative estimate of drug-likeness (QED) is 0.747. The third-order valence-electron chi connectivity index (χ3n) is 3.05. The predicted molar refractivity (Wildman–Crippen MR) is 71.6 cm³/mol. The molecule has 7 heteroatoms. The monoisotopic (exact) mass is 306 g/mol. The molecule has 0 atom stereocenters. The van der Waals surface area contributed by atoms with Gasteiger partial charge in [0.25, 0.3) is 0 Å². The summed E-state index contributed by atoms with van der Waals surface area (Å²) >= 11 is 0. The third-order valence-corrected chi connectivity index (χ3v) is 3.05. The van der Waals surface area contributed by atoms with Crippen LogP contribution in [0.4, 0.5) is 13.2 Å². The summed E-state index contributed by atoms with van der Waals surface area (Å²) in [6.45, 7) is -0.271. The van der Waals surface area contributed by atoms with Gasteiger partial charge < -0.3 is 4.42 Å². The summed E-state index contributed by atoms with van der Waals surface area (Å²) in [5.74, 6) is -3.33. The Morgan fingerprint density at radius 3 is 2.50 bits per heavy atom. The van der Waals surface area contributed by atoms with Gasteiger partial charge in [-0.3, -0.25) is 0 Å². The van der Waals surface area contributed by atoms with Crippen LogP contribution in [-0.4, -0.2) is 9.78 Å². The van der Waals surface area contributed by atoms with Crippen LogP contribution in [0.3, 0.4) is 0 Å². The minimum Gasteiger partial charge on any atom is -0.388 e. The third kappa shape index (κ3) is 2.65. The minimum absolute atomic E-state index is 0.0261. The van der Waals surface area contributed by atoms with Crippen molar-refractivity contribution in [1.82, 2.24) is 9.78 Å². The van der Waals surface area contributed by atoms with E-state index >= 15 is 0 Å². The molecule has 0 amide bonds. The minimum atomic E-state index is -1.04. The van der Waals surface area contributed by atoms with Crippen LogP contribution in [0.25, 0.3) is 11.5 Å². The van der Waals surface area contributed by atoms with E-state index < -0.39 is 23.2 Å². The topological polar surface area (TPSA) is 48.0 Å². The fourth-order valence-electron chi connectivity index (χ4n) is 1.95. The van der Waals surface area contributed by atoms with Crippen LogP contribution in [0.15, 0.2) is 51.7 Å². The normalized spacial score (nSPS) is 10.9. The zero-order valence-electron chi connectivity index (χ0n) is 11.1. The highest BCUT2D eigenvalue weighted by Gasteiger charge is 2.14. The predicted octanol–water partition coefficient (Wildman–Crippen LogP) is 2.97. The Labute approximate surface area is 122 Å². The molecule has 1 heterocycles. The second-order valence-electron chi connectivity index (χ2n) is 4.55. The first-order valence-corrected chi connectivity index (χ1v) is 6.31. The average molecular weight is 306 g/mol. The van der Waals surface area contributed by atoms with Gasteiger partial charge in [-0.1, -0.05) is 12.1 Å². The Hall–Kier alpha value is -2.83. The van der Waals surface area contributed by atoms with Crippen molar-refractivity contribution in [3.8, 4) is 11.5 Å². The van der Waals surface area contributed by atoms with Crippen LogP contribution in [0.2, 0.25) is 0 Å². The van der Waals surface area contributed by atoms with Crippen molar-refractivity contribution in [3.63, 3.8) is 0 Å². The van der Waals surface area contributed by atoms with Crippen LogP contribution >= 0.6 is 0 Å². The number of nitrogens with zero attached hydrogens (tertiary/aromatic N) is 2. The van der Waals surface area contributed by atoms with Gasteiger partial charge in [-0.15, -0.1) is 5.10 Å². The molecule has 2 aromatic carbocycles. The van der Waals surface area contributed by atoms with E-state index in [1.54, 1.807) is 0 Å². The number of benzene rings is 2. The molecule has 0 saturated carbocycles. The van der Waals surface area contributed by atoms with Crippen molar-refractivity contribution in [2.45, 2.75) is 6.54 Å². The molecule has 0 unspecified atom stereocenters. The fraction of sp³-hybridized carbons (Fsp3) is 0.0667. The Bertz CT molecular complexity index is 869. The molecule has 0 spiro atoms. The zero-order valence-corrected chi connectivity index (χ0v) is 11.1. The molecule has 0 saturated heterocycles. The van der Waals surface area contributed by atoms with E-state index in [1.807, 2.05) is 0 Å². The van der Waals surface area contributed by atoms with E-state index in [0.717, 1.165) is 10.7 Å². The molecule has 0 aliphatic carbocycles. The highest BCUT2D eigenvalue weighted by molar-refractivity contribution is 5.51. The van der Waals surface area contributed by atoms with Crippen molar-refractivity contribution in [2.24, 2.45) is 0 Å². The lowest BCUT2D eigenvalue weighted by Crippen LogP contribution is -2.17. The summed E-state index contributed by atoms with van der Waals surface area (Å²) < 4.78 is 45.4. The molecule has 0 radical (unpaired) electrons. The van der Waals surface area contributed by atoms with Gasteiger partial charge in [-0.2, -0.15) is 4.68 Å². The zero-order chi connectivity index (χ0) is 15.7. The van der Waals surface area contributed by atoms with E-state index in [0.29, 0.717) is 5.56 Å². The molecule has 3 rings (SSSR count). The van der Waals surface area contributed by atoms with Gasteiger partial charge in [0.15, 0.2) is 11.6 Å². The van der Waals surface area contributed by atoms with E-state index in [-0.39, 0.29) is 18.0 Å². The van der Waals surface area contributed by atoms with Gasteiger partial charge in [-0.05, 0) is 30.3 Å². The lowest BCUT2D eigenvalue weighted by atomic mass is 10.2. The number of aromatic nitrogens is 2. The lowest BCUT2D eigenvalue weighted by Gasteiger charge is -2.02. The second kappa shape index (κ2) is 5.51. The number of halogens is 3. The van der Waals surface area contributed by atoms with E-state index in [4.69, 9.17) is 4.42 Å². The number of hydrogen-bond donors (Lipinski definition) is 0. The molecule has 112 valence electrons. The molecule has 4 nitrogen and oxygen atoms in total. The highest BCUT2D eigenvalue weighted by Crippen LogP contribution is 2.17. The molecule has 0 bridgehead atoms. The van der Waals surface area contributed by atoms with Crippen LogP contribution in [0.1, 0.15) is 5.56 Å². The van der Waals surface area contributed by atoms with Gasteiger partial charge >= 0.3 is 5.76 Å². The Morgan fingerprint density at radius 1 is 1.05 bits per heavy atom. The maximum atomic E-state index is 13.6. The number of hydrogen-bond acceptors (Lipinski definition) is 3. The summed E-state index contributed by atoms with van der Waals surface area (Å²) in [5.41, 5.74) is 0.373. The maximum absolute atomic E-state index is 13.6. The summed E-state index contributed by atoms with van der Waals surface area (Å²) in [7, 11) is 0. The summed E-state index contributed by atoms with van der Waals surface area (Å²) in [6.07, 6.45) is 0. The molecule has 0 N–H and O–H groups in total. The molecular formula is C15H9F3N2O2. The molecule has 3 aromatic rings. The first kappa shape index (κ1) is 14.1. The summed E-state index contributed by atoms with van der Waals surface area (Å²) in [5, 5.41) is 3.90. The molecule has 22 heavy (non-hydrogen) atoms. The largest absolute Gasteiger partial charge is 0.437 e. The van der Waals surface area contributed by atoms with E-state index in [2.05, 4.69) is 5.10 Å². The van der Waals surface area contributed by atoms with Gasteiger partial charge in [0.2, 0.25) is 5.89 Å². The van der Waals surface area contributed by atoms with E-state index in [1.165, 1.54) is 36.4 Å². The summed E-state index contributed by atoms with van der Waals surface area (Å²) in [6, 6.07) is 8.84. The first-order valence-electron chi connectivity index (χ1n) is 6.31. The average Bonchev–Trinajstić information content (AvgIpc) is 2.86. The van der Waals surface area contributed by atoms with E-state index in [9.17, 15) is 18.0 Å². The Kier molecular flexibility index (Phi) is 3.54. The molecule has 0 fully saturated rings. The Balaban J connectivity index is 1.94. The fourth-order valence-corrected chi connectivity index (χ4v) is 1.95. The Morgan fingerprint density at radius 2 is 1.77 bits per heavy atom. The van der Waals surface area contributed by atoms with Crippen molar-refractivity contribution in [3.05, 3.63) is 76.0 Å². The first-order chi connectivity index (χ1) is 10.5. The highest BCUT2D eigenvalue weighted by atomic mass is 19.2. The van der Waals surface area contributed by atoms with Crippen molar-refractivity contribution >= 4 is 0 Å². The van der Waals surface area contributed by atoms with Crippen LogP contribution < -0.4 is 5.76 Å². The maximum Gasteiger partial charge on any atom is 0.437 e. The number of rotatable bonds is 3. The van der Waals surface area contributed by atoms with Crippen LogP contribution in [0.5, 0.6) is 0 Å². The summed E-state index contributed by atoms with van der Waals surface area (Å²) in [4.78, 5) is 11.7. The lowest BCUT2D eigenvalue weighted by molar-refractivity contribution is 0.473. The molecular weight excluding hydrogens is 297 g/mol. The SMILES string of the molecule is O=c1oc(-c2ccc(F)cc2)nn1Cc1cccc(F)c1F.